The van der Waals surface area contributed by atoms with Gasteiger partial charge in [0.2, 0.25) is 0 Å². The molecule has 0 saturated carbocycles. The lowest BCUT2D eigenvalue weighted by molar-refractivity contribution is 0.183. The summed E-state index contributed by atoms with van der Waals surface area (Å²) in [7, 11) is 1.70. The Morgan fingerprint density at radius 3 is 2.21 bits per heavy atom. The van der Waals surface area contributed by atoms with Gasteiger partial charge in [0.1, 0.15) is 18.1 Å². The van der Waals surface area contributed by atoms with Crippen molar-refractivity contribution in [3.05, 3.63) is 95.6 Å². The number of benzene rings is 3. The van der Waals surface area contributed by atoms with Crippen LogP contribution in [-0.2, 0) is 0 Å². The number of rotatable bonds is 10. The zero-order chi connectivity index (χ0) is 23.6. The first-order valence-corrected chi connectivity index (χ1v) is 12.8. The average molecular weight is 476 g/mol. The molecular formula is C30H34ClNO2. The summed E-state index contributed by atoms with van der Waals surface area (Å²) in [5.41, 5.74) is 5.84. The van der Waals surface area contributed by atoms with E-state index < -0.39 is 0 Å². The highest BCUT2D eigenvalue weighted by atomic mass is 35.5. The summed E-state index contributed by atoms with van der Waals surface area (Å²) in [4.78, 5) is 2.50. The predicted molar refractivity (Wildman–Crippen MR) is 143 cm³/mol. The Morgan fingerprint density at radius 1 is 0.794 bits per heavy atom. The lowest BCUT2D eigenvalue weighted by Crippen LogP contribution is -2.33. The highest BCUT2D eigenvalue weighted by Crippen LogP contribution is 2.36. The molecule has 3 aromatic carbocycles. The molecule has 178 valence electrons. The number of nitrogens with zero attached hydrogens (tertiary/aromatic N) is 1. The van der Waals surface area contributed by atoms with E-state index in [2.05, 4.69) is 65.6 Å². The number of hydrogen-bond acceptors (Lipinski definition) is 3. The maximum absolute atomic E-state index is 6.30. The summed E-state index contributed by atoms with van der Waals surface area (Å²) in [6.07, 6.45) is 4.73. The Morgan fingerprint density at radius 2 is 1.50 bits per heavy atom. The molecule has 1 saturated heterocycles. The zero-order valence-corrected chi connectivity index (χ0v) is 20.8. The van der Waals surface area contributed by atoms with Crippen LogP contribution in [0.15, 0.2) is 78.9 Å². The number of piperidine rings is 1. The van der Waals surface area contributed by atoms with Gasteiger partial charge in [-0.2, -0.15) is 0 Å². The van der Waals surface area contributed by atoms with Crippen LogP contribution in [0.5, 0.6) is 11.5 Å². The summed E-state index contributed by atoms with van der Waals surface area (Å²) in [6, 6.07) is 27.2. The van der Waals surface area contributed by atoms with E-state index in [9.17, 15) is 0 Å². The van der Waals surface area contributed by atoms with Crippen molar-refractivity contribution in [1.29, 1.82) is 0 Å². The standard InChI is InChI=1S/C30H34ClNO2/c1-33-28-12-8-11-26(23-28)29(17-18-31)30(24-9-4-2-5-10-24)25-13-15-27(16-14-25)34-22-21-32-19-6-3-7-20-32/h2,4-5,8-16,23H,3,6-7,17-22H2,1H3. The molecule has 34 heavy (non-hydrogen) atoms. The van der Waals surface area contributed by atoms with Crippen molar-refractivity contribution < 1.29 is 9.47 Å². The molecule has 0 spiro atoms. The molecule has 4 rings (SSSR count). The molecule has 0 unspecified atom stereocenters. The maximum Gasteiger partial charge on any atom is 0.119 e. The second-order valence-corrected chi connectivity index (χ2v) is 9.04. The van der Waals surface area contributed by atoms with Gasteiger partial charge in [0.25, 0.3) is 0 Å². The van der Waals surface area contributed by atoms with E-state index in [0.717, 1.165) is 42.2 Å². The van der Waals surface area contributed by atoms with Gasteiger partial charge in [0.15, 0.2) is 0 Å². The molecule has 0 aromatic heterocycles. The van der Waals surface area contributed by atoms with Crippen LogP contribution in [0.25, 0.3) is 11.1 Å². The van der Waals surface area contributed by atoms with E-state index in [1.165, 1.54) is 49.1 Å². The molecule has 1 aliphatic heterocycles. The minimum atomic E-state index is 0.542. The fraction of sp³-hybridized carbons (Fsp3) is 0.333. The van der Waals surface area contributed by atoms with E-state index in [-0.39, 0.29) is 0 Å². The van der Waals surface area contributed by atoms with Crippen LogP contribution in [0.2, 0.25) is 0 Å². The monoisotopic (exact) mass is 475 g/mol. The van der Waals surface area contributed by atoms with Gasteiger partial charge in [-0.05, 0) is 84.5 Å². The van der Waals surface area contributed by atoms with Gasteiger partial charge in [-0.3, -0.25) is 4.90 Å². The first-order valence-electron chi connectivity index (χ1n) is 12.2. The largest absolute Gasteiger partial charge is 0.497 e. The first-order chi connectivity index (χ1) is 16.8. The normalized spacial score (nSPS) is 15.0. The Bertz CT molecular complexity index is 1060. The minimum Gasteiger partial charge on any atom is -0.497 e. The third-order valence-electron chi connectivity index (χ3n) is 6.39. The Kier molecular flexibility index (Phi) is 9.06. The number of likely N-dealkylation sites (tertiary alicyclic amines) is 1. The van der Waals surface area contributed by atoms with E-state index in [1.54, 1.807) is 7.11 Å². The molecule has 0 N–H and O–H groups in total. The molecule has 0 aliphatic carbocycles. The fourth-order valence-corrected chi connectivity index (χ4v) is 4.82. The van der Waals surface area contributed by atoms with Gasteiger partial charge in [-0.1, -0.05) is 61.0 Å². The summed E-state index contributed by atoms with van der Waals surface area (Å²) in [5.74, 6) is 2.29. The third kappa shape index (κ3) is 6.43. The van der Waals surface area contributed by atoms with Crippen LogP contribution in [0.3, 0.4) is 0 Å². The van der Waals surface area contributed by atoms with Crippen molar-refractivity contribution in [2.45, 2.75) is 25.7 Å². The number of allylic oxidation sites excluding steroid dienone is 1. The van der Waals surface area contributed by atoms with Gasteiger partial charge < -0.3 is 9.47 Å². The topological polar surface area (TPSA) is 21.7 Å². The van der Waals surface area contributed by atoms with Gasteiger partial charge in [0.05, 0.1) is 7.11 Å². The van der Waals surface area contributed by atoms with Crippen molar-refractivity contribution >= 4 is 22.7 Å². The van der Waals surface area contributed by atoms with Crippen LogP contribution in [0, 0.1) is 0 Å². The second-order valence-electron chi connectivity index (χ2n) is 8.67. The SMILES string of the molecule is COc1cccc(C(CCCl)=C(c2ccccc2)c2ccc(OCCN3CCCCC3)cc2)c1. The minimum absolute atomic E-state index is 0.542. The van der Waals surface area contributed by atoms with Crippen LogP contribution >= 0.6 is 11.6 Å². The summed E-state index contributed by atoms with van der Waals surface area (Å²) in [5, 5.41) is 0. The van der Waals surface area contributed by atoms with Gasteiger partial charge in [0, 0.05) is 12.4 Å². The van der Waals surface area contributed by atoms with Crippen LogP contribution in [0.4, 0.5) is 0 Å². The van der Waals surface area contributed by atoms with Crippen molar-refractivity contribution in [3.63, 3.8) is 0 Å². The molecule has 0 atom stereocenters. The van der Waals surface area contributed by atoms with E-state index in [1.807, 2.05) is 18.2 Å². The van der Waals surface area contributed by atoms with Crippen LogP contribution < -0.4 is 9.47 Å². The molecule has 0 bridgehead atoms. The van der Waals surface area contributed by atoms with Crippen molar-refractivity contribution in [2.24, 2.45) is 0 Å². The smallest absolute Gasteiger partial charge is 0.119 e. The summed E-state index contributed by atoms with van der Waals surface area (Å²) >= 11 is 6.30. The fourth-order valence-electron chi connectivity index (χ4n) is 4.63. The highest BCUT2D eigenvalue weighted by molar-refractivity contribution is 6.18. The molecule has 0 amide bonds. The van der Waals surface area contributed by atoms with Crippen LogP contribution in [-0.4, -0.2) is 44.1 Å². The molecule has 3 aromatic rings. The van der Waals surface area contributed by atoms with Crippen molar-refractivity contribution in [2.75, 3.05) is 39.2 Å². The Balaban J connectivity index is 1.62. The quantitative estimate of drug-likeness (QED) is 0.229. The maximum atomic E-state index is 6.30. The Hall–Kier alpha value is -2.75. The van der Waals surface area contributed by atoms with E-state index in [0.29, 0.717) is 5.88 Å². The van der Waals surface area contributed by atoms with E-state index >= 15 is 0 Å². The molecule has 3 nitrogen and oxygen atoms in total. The molecule has 1 fully saturated rings. The molecule has 4 heteroatoms. The van der Waals surface area contributed by atoms with Crippen molar-refractivity contribution in [1.82, 2.24) is 4.90 Å². The highest BCUT2D eigenvalue weighted by Gasteiger charge is 2.15. The lowest BCUT2D eigenvalue weighted by atomic mass is 9.88. The predicted octanol–water partition coefficient (Wildman–Crippen LogP) is 7.15. The van der Waals surface area contributed by atoms with Crippen LogP contribution in [0.1, 0.15) is 42.4 Å². The average Bonchev–Trinajstić information content (AvgIpc) is 2.90. The lowest BCUT2D eigenvalue weighted by Gasteiger charge is -2.26. The Labute approximate surface area is 209 Å². The molecule has 1 heterocycles. The number of alkyl halides is 1. The van der Waals surface area contributed by atoms with Gasteiger partial charge in [-0.25, -0.2) is 0 Å². The number of hydrogen-bond donors (Lipinski definition) is 0. The second kappa shape index (κ2) is 12.6. The third-order valence-corrected chi connectivity index (χ3v) is 6.58. The number of methoxy groups -OCH3 is 1. The number of ether oxygens (including phenoxy) is 2. The first kappa shape index (κ1) is 24.4. The number of halogens is 1. The van der Waals surface area contributed by atoms with Gasteiger partial charge in [-0.15, -0.1) is 11.6 Å². The summed E-state index contributed by atoms with van der Waals surface area (Å²) < 4.78 is 11.6. The summed E-state index contributed by atoms with van der Waals surface area (Å²) in [6.45, 7) is 4.11. The molecule has 1 aliphatic rings. The van der Waals surface area contributed by atoms with Crippen molar-refractivity contribution in [3.8, 4) is 11.5 Å². The van der Waals surface area contributed by atoms with Gasteiger partial charge >= 0.3 is 0 Å². The molecule has 0 radical (unpaired) electrons. The molecular weight excluding hydrogens is 442 g/mol. The van der Waals surface area contributed by atoms with E-state index in [4.69, 9.17) is 21.1 Å². The zero-order valence-electron chi connectivity index (χ0n) is 20.0.